The Morgan fingerprint density at radius 2 is 2.50 bits per heavy atom. The molecule has 0 amide bonds. The van der Waals surface area contributed by atoms with Gasteiger partial charge in [0.25, 0.3) is 0 Å². The van der Waals surface area contributed by atoms with E-state index in [0.29, 0.717) is 6.54 Å². The van der Waals surface area contributed by atoms with Crippen LogP contribution in [0, 0.1) is 17.2 Å². The maximum absolute atomic E-state index is 11.6. The number of rotatable bonds is 6. The van der Waals surface area contributed by atoms with Gasteiger partial charge in [-0.1, -0.05) is 25.1 Å². The molecular formula is C13H21N5OS. The van der Waals surface area contributed by atoms with Crippen molar-refractivity contribution in [1.82, 2.24) is 14.8 Å². The summed E-state index contributed by atoms with van der Waals surface area (Å²) in [6, 6.07) is 2.27. The summed E-state index contributed by atoms with van der Waals surface area (Å²) in [4.78, 5) is 11.6. The van der Waals surface area contributed by atoms with Crippen molar-refractivity contribution >= 4 is 11.8 Å². The monoisotopic (exact) mass is 295 g/mol. The fraction of sp³-hybridized carbons (Fsp3) is 0.769. The van der Waals surface area contributed by atoms with Crippen molar-refractivity contribution < 1.29 is 0 Å². The van der Waals surface area contributed by atoms with Crippen LogP contribution in [-0.2, 0) is 6.54 Å². The molecule has 1 fully saturated rings. The molecular weight excluding hydrogens is 274 g/mol. The Kier molecular flexibility index (Phi) is 4.89. The molecule has 0 saturated heterocycles. The Morgan fingerprint density at radius 1 is 1.70 bits per heavy atom. The minimum atomic E-state index is -0.658. The number of H-pyrrole nitrogens is 1. The van der Waals surface area contributed by atoms with Gasteiger partial charge in [-0.05, 0) is 31.6 Å². The maximum Gasteiger partial charge on any atom is 0.343 e. The van der Waals surface area contributed by atoms with Crippen LogP contribution in [-0.4, -0.2) is 26.1 Å². The zero-order valence-corrected chi connectivity index (χ0v) is 12.6. The molecule has 1 heterocycles. The lowest BCUT2D eigenvalue weighted by Gasteiger charge is -2.23. The van der Waals surface area contributed by atoms with E-state index in [1.165, 1.54) is 0 Å². The van der Waals surface area contributed by atoms with Gasteiger partial charge in [-0.25, -0.2) is 9.89 Å². The van der Waals surface area contributed by atoms with Crippen LogP contribution in [0.3, 0.4) is 0 Å². The van der Waals surface area contributed by atoms with Crippen molar-refractivity contribution in [3.05, 3.63) is 10.5 Å². The highest BCUT2D eigenvalue weighted by atomic mass is 32.2. The second-order valence-corrected chi connectivity index (χ2v) is 6.40. The van der Waals surface area contributed by atoms with Crippen LogP contribution in [0.25, 0.3) is 0 Å². The number of nitrogens with zero attached hydrogens (tertiary/aromatic N) is 3. The molecule has 2 atom stereocenters. The number of thioether (sulfide) groups is 1. The summed E-state index contributed by atoms with van der Waals surface area (Å²) in [7, 11) is 0. The van der Waals surface area contributed by atoms with Gasteiger partial charge >= 0.3 is 5.69 Å². The molecule has 20 heavy (non-hydrogen) atoms. The molecule has 0 aliphatic heterocycles. The van der Waals surface area contributed by atoms with Crippen molar-refractivity contribution in [2.75, 3.05) is 5.75 Å². The number of aromatic nitrogens is 3. The van der Waals surface area contributed by atoms with E-state index >= 15 is 0 Å². The van der Waals surface area contributed by atoms with Crippen molar-refractivity contribution in [2.24, 2.45) is 11.7 Å². The molecule has 7 heteroatoms. The molecule has 1 aromatic rings. The summed E-state index contributed by atoms with van der Waals surface area (Å²) >= 11 is 1.56. The zero-order chi connectivity index (χ0) is 14.6. The van der Waals surface area contributed by atoms with Gasteiger partial charge in [0.05, 0.1) is 6.07 Å². The topological polar surface area (TPSA) is 100 Å². The Bertz CT molecular complexity index is 546. The lowest BCUT2D eigenvalue weighted by Crippen LogP contribution is -2.41. The fourth-order valence-electron chi connectivity index (χ4n) is 2.78. The summed E-state index contributed by atoms with van der Waals surface area (Å²) < 4.78 is 1.67. The van der Waals surface area contributed by atoms with E-state index in [4.69, 9.17) is 5.73 Å². The SMILES string of the molecule is CCCn1c(SCCC2CCCC2(N)C#N)n[nH]c1=O. The molecule has 3 N–H and O–H groups in total. The zero-order valence-electron chi connectivity index (χ0n) is 11.8. The molecule has 1 aliphatic rings. The van der Waals surface area contributed by atoms with E-state index in [9.17, 15) is 10.1 Å². The highest BCUT2D eigenvalue weighted by Crippen LogP contribution is 2.36. The average Bonchev–Trinajstić information content (AvgIpc) is 2.97. The molecule has 2 rings (SSSR count). The molecule has 6 nitrogen and oxygen atoms in total. The minimum absolute atomic E-state index is 0.152. The van der Waals surface area contributed by atoms with Crippen molar-refractivity contribution in [2.45, 2.75) is 56.3 Å². The standard InChI is InChI=1S/C13H21N5OS/c1-2-7-18-11(19)16-17-12(18)20-8-5-10-4-3-6-13(10,15)9-14/h10H,2-8,15H2,1H3,(H,16,19). The Balaban J connectivity index is 1.91. The van der Waals surface area contributed by atoms with Crippen molar-refractivity contribution in [3.63, 3.8) is 0 Å². The number of hydrogen-bond acceptors (Lipinski definition) is 5. The van der Waals surface area contributed by atoms with Gasteiger partial charge in [0, 0.05) is 12.3 Å². The number of hydrogen-bond donors (Lipinski definition) is 2. The van der Waals surface area contributed by atoms with Crippen LogP contribution in [0.5, 0.6) is 0 Å². The van der Waals surface area contributed by atoms with Gasteiger partial charge in [0.1, 0.15) is 5.54 Å². The number of aromatic amines is 1. The third kappa shape index (κ3) is 3.07. The second kappa shape index (κ2) is 6.46. The molecule has 0 spiro atoms. The van der Waals surface area contributed by atoms with E-state index in [0.717, 1.165) is 43.0 Å². The molecule has 2 unspecified atom stereocenters. The van der Waals surface area contributed by atoms with Gasteiger partial charge < -0.3 is 5.73 Å². The summed E-state index contributed by atoms with van der Waals surface area (Å²) in [6.45, 7) is 2.71. The third-order valence-corrected chi connectivity index (χ3v) is 4.96. The third-order valence-electron chi connectivity index (χ3n) is 3.95. The summed E-state index contributed by atoms with van der Waals surface area (Å²) in [5.41, 5.74) is 5.31. The molecule has 0 radical (unpaired) electrons. The molecule has 1 aliphatic carbocycles. The van der Waals surface area contributed by atoms with E-state index in [2.05, 4.69) is 16.3 Å². The lowest BCUT2D eigenvalue weighted by atomic mass is 9.88. The summed E-state index contributed by atoms with van der Waals surface area (Å²) in [5, 5.41) is 16.5. The first-order valence-electron chi connectivity index (χ1n) is 7.09. The minimum Gasteiger partial charge on any atom is -0.313 e. The van der Waals surface area contributed by atoms with Gasteiger partial charge in [-0.15, -0.1) is 5.10 Å². The van der Waals surface area contributed by atoms with E-state index in [1.807, 2.05) is 6.92 Å². The molecule has 1 aromatic heterocycles. The Labute approximate surface area is 122 Å². The van der Waals surface area contributed by atoms with E-state index < -0.39 is 5.54 Å². The quantitative estimate of drug-likeness (QED) is 0.774. The normalized spacial score (nSPS) is 25.8. The molecule has 1 saturated carbocycles. The van der Waals surface area contributed by atoms with Crippen LogP contribution in [0.2, 0.25) is 0 Å². The molecule has 0 aromatic carbocycles. The lowest BCUT2D eigenvalue weighted by molar-refractivity contribution is 0.389. The predicted molar refractivity (Wildman–Crippen MR) is 78.4 cm³/mol. The number of nitriles is 1. The maximum atomic E-state index is 11.6. The van der Waals surface area contributed by atoms with Crippen LogP contribution >= 0.6 is 11.8 Å². The smallest absolute Gasteiger partial charge is 0.313 e. The number of nitrogens with two attached hydrogens (primary N) is 1. The Hall–Kier alpha value is -1.26. The molecule has 0 bridgehead atoms. The fourth-order valence-corrected chi connectivity index (χ4v) is 3.80. The van der Waals surface area contributed by atoms with Crippen LogP contribution in [0.15, 0.2) is 9.95 Å². The van der Waals surface area contributed by atoms with E-state index in [1.54, 1.807) is 16.3 Å². The van der Waals surface area contributed by atoms with Crippen LogP contribution in [0.4, 0.5) is 0 Å². The van der Waals surface area contributed by atoms with Gasteiger partial charge in [-0.3, -0.25) is 4.57 Å². The first-order chi connectivity index (χ1) is 9.60. The van der Waals surface area contributed by atoms with Gasteiger partial charge in [0.2, 0.25) is 0 Å². The number of nitrogens with one attached hydrogen (secondary N) is 1. The predicted octanol–water partition coefficient (Wildman–Crippen LogP) is 1.48. The first kappa shape index (κ1) is 15.1. The van der Waals surface area contributed by atoms with Crippen molar-refractivity contribution in [3.8, 4) is 6.07 Å². The van der Waals surface area contributed by atoms with Crippen molar-refractivity contribution in [1.29, 1.82) is 5.26 Å². The van der Waals surface area contributed by atoms with Gasteiger partial charge in [-0.2, -0.15) is 5.26 Å². The summed E-state index contributed by atoms with van der Waals surface area (Å²) in [5.74, 6) is 1.09. The average molecular weight is 295 g/mol. The summed E-state index contributed by atoms with van der Waals surface area (Å²) in [6.07, 6.45) is 4.63. The highest BCUT2D eigenvalue weighted by Gasteiger charge is 2.39. The van der Waals surface area contributed by atoms with Crippen LogP contribution < -0.4 is 11.4 Å². The second-order valence-electron chi connectivity index (χ2n) is 5.34. The molecule has 110 valence electrons. The first-order valence-corrected chi connectivity index (χ1v) is 8.07. The highest BCUT2D eigenvalue weighted by molar-refractivity contribution is 7.99. The largest absolute Gasteiger partial charge is 0.343 e. The van der Waals surface area contributed by atoms with Gasteiger partial charge in [0.15, 0.2) is 5.16 Å². The van der Waals surface area contributed by atoms with Crippen LogP contribution in [0.1, 0.15) is 39.0 Å². The van der Waals surface area contributed by atoms with E-state index in [-0.39, 0.29) is 11.6 Å². The Morgan fingerprint density at radius 3 is 3.20 bits per heavy atom.